The Kier molecular flexibility index (Phi) is 3.69. The predicted octanol–water partition coefficient (Wildman–Crippen LogP) is 2.30. The summed E-state index contributed by atoms with van der Waals surface area (Å²) >= 11 is 0. The topological polar surface area (TPSA) is 43.1 Å². The number of hydrogen-bond acceptors (Lipinski definition) is 1. The van der Waals surface area contributed by atoms with Crippen LogP contribution in [0.3, 0.4) is 0 Å². The first-order valence-corrected chi connectivity index (χ1v) is 5.01. The molecule has 14 heavy (non-hydrogen) atoms. The van der Waals surface area contributed by atoms with Crippen LogP contribution in [0, 0.1) is 5.92 Å². The first kappa shape index (κ1) is 10.8. The molecule has 2 N–H and O–H groups in total. The lowest BCUT2D eigenvalue weighted by molar-refractivity contribution is -0.122. The van der Waals surface area contributed by atoms with E-state index in [1.807, 2.05) is 37.3 Å². The van der Waals surface area contributed by atoms with E-state index in [0.29, 0.717) is 0 Å². The maximum absolute atomic E-state index is 11.1. The summed E-state index contributed by atoms with van der Waals surface area (Å²) < 4.78 is 0. The molecule has 0 spiro atoms. The molecule has 0 aliphatic heterocycles. The van der Waals surface area contributed by atoms with Crippen LogP contribution < -0.4 is 5.73 Å². The second kappa shape index (κ2) is 4.80. The quantitative estimate of drug-likeness (QED) is 0.779. The van der Waals surface area contributed by atoms with Crippen molar-refractivity contribution in [1.82, 2.24) is 0 Å². The van der Waals surface area contributed by atoms with E-state index < -0.39 is 0 Å². The summed E-state index contributed by atoms with van der Waals surface area (Å²) in [6, 6.07) is 10.1. The van der Waals surface area contributed by atoms with Gasteiger partial charge in [0, 0.05) is 5.92 Å². The molecular formula is C12H17NO. The Balaban J connectivity index is 2.87. The van der Waals surface area contributed by atoms with Gasteiger partial charge < -0.3 is 5.73 Å². The Bertz CT molecular complexity index is 294. The van der Waals surface area contributed by atoms with Crippen molar-refractivity contribution in [2.45, 2.75) is 26.2 Å². The first-order valence-electron chi connectivity index (χ1n) is 5.01. The van der Waals surface area contributed by atoms with E-state index in [1.54, 1.807) is 0 Å². The van der Waals surface area contributed by atoms with Crippen LogP contribution in [0.4, 0.5) is 0 Å². The summed E-state index contributed by atoms with van der Waals surface area (Å²) in [4.78, 5) is 11.1. The van der Waals surface area contributed by atoms with Gasteiger partial charge >= 0.3 is 0 Å². The van der Waals surface area contributed by atoms with Crippen molar-refractivity contribution < 1.29 is 4.79 Å². The van der Waals surface area contributed by atoms with Crippen molar-refractivity contribution in [3.63, 3.8) is 0 Å². The van der Waals surface area contributed by atoms with Crippen molar-refractivity contribution in [2.75, 3.05) is 0 Å². The molecule has 2 atom stereocenters. The molecule has 0 heterocycles. The SMILES string of the molecule is CC[C@H](c1ccccc1)C(C)C(N)=O. The highest BCUT2D eigenvalue weighted by molar-refractivity contribution is 5.77. The van der Waals surface area contributed by atoms with Gasteiger partial charge in [-0.15, -0.1) is 0 Å². The van der Waals surface area contributed by atoms with Crippen LogP contribution in [0.2, 0.25) is 0 Å². The smallest absolute Gasteiger partial charge is 0.220 e. The molecule has 1 amide bonds. The Morgan fingerprint density at radius 2 is 1.93 bits per heavy atom. The van der Waals surface area contributed by atoms with E-state index in [0.717, 1.165) is 6.42 Å². The number of carbonyl (C=O) groups is 1. The van der Waals surface area contributed by atoms with Crippen LogP contribution in [0.25, 0.3) is 0 Å². The highest BCUT2D eigenvalue weighted by atomic mass is 16.1. The van der Waals surface area contributed by atoms with Gasteiger partial charge in [0.25, 0.3) is 0 Å². The van der Waals surface area contributed by atoms with Crippen LogP contribution in [0.5, 0.6) is 0 Å². The zero-order chi connectivity index (χ0) is 10.6. The Morgan fingerprint density at radius 1 is 1.36 bits per heavy atom. The van der Waals surface area contributed by atoms with Crippen molar-refractivity contribution >= 4 is 5.91 Å². The second-order valence-corrected chi connectivity index (χ2v) is 3.62. The third-order valence-corrected chi connectivity index (χ3v) is 2.72. The first-order chi connectivity index (χ1) is 6.66. The Morgan fingerprint density at radius 3 is 2.36 bits per heavy atom. The molecule has 0 bridgehead atoms. The van der Waals surface area contributed by atoms with Crippen molar-refractivity contribution in [3.8, 4) is 0 Å². The molecule has 1 aromatic rings. The summed E-state index contributed by atoms with van der Waals surface area (Å²) in [5.41, 5.74) is 6.51. The van der Waals surface area contributed by atoms with E-state index >= 15 is 0 Å². The standard InChI is InChI=1S/C12H17NO/c1-3-11(9(2)12(13)14)10-7-5-4-6-8-10/h4-9,11H,3H2,1-2H3,(H2,13,14)/t9?,11-/m0/s1. The van der Waals surface area contributed by atoms with Crippen LogP contribution >= 0.6 is 0 Å². The average Bonchev–Trinajstić information content (AvgIpc) is 2.20. The molecule has 1 aromatic carbocycles. The summed E-state index contributed by atoms with van der Waals surface area (Å²) in [6.45, 7) is 3.97. The molecule has 1 unspecified atom stereocenters. The number of carbonyl (C=O) groups excluding carboxylic acids is 1. The van der Waals surface area contributed by atoms with Crippen LogP contribution in [-0.4, -0.2) is 5.91 Å². The molecule has 1 rings (SSSR count). The van der Waals surface area contributed by atoms with E-state index in [1.165, 1.54) is 5.56 Å². The average molecular weight is 191 g/mol. The van der Waals surface area contributed by atoms with E-state index in [-0.39, 0.29) is 17.7 Å². The Labute approximate surface area is 85.1 Å². The third kappa shape index (κ3) is 2.34. The van der Waals surface area contributed by atoms with Gasteiger partial charge in [-0.05, 0) is 17.9 Å². The predicted molar refractivity (Wildman–Crippen MR) is 57.8 cm³/mol. The zero-order valence-corrected chi connectivity index (χ0v) is 8.73. The number of rotatable bonds is 4. The molecule has 0 aromatic heterocycles. The summed E-state index contributed by atoms with van der Waals surface area (Å²) in [5.74, 6) is -0.0724. The van der Waals surface area contributed by atoms with Crippen LogP contribution in [-0.2, 0) is 4.79 Å². The van der Waals surface area contributed by atoms with Gasteiger partial charge in [-0.2, -0.15) is 0 Å². The number of nitrogens with two attached hydrogens (primary N) is 1. The molecular weight excluding hydrogens is 174 g/mol. The molecule has 76 valence electrons. The lowest BCUT2D eigenvalue weighted by Gasteiger charge is -2.20. The maximum atomic E-state index is 11.1. The van der Waals surface area contributed by atoms with Gasteiger partial charge in [0.2, 0.25) is 5.91 Å². The van der Waals surface area contributed by atoms with Gasteiger partial charge in [0.15, 0.2) is 0 Å². The molecule has 0 aliphatic rings. The van der Waals surface area contributed by atoms with Gasteiger partial charge in [-0.1, -0.05) is 44.2 Å². The highest BCUT2D eigenvalue weighted by Gasteiger charge is 2.21. The largest absolute Gasteiger partial charge is 0.369 e. The van der Waals surface area contributed by atoms with Crippen molar-refractivity contribution in [3.05, 3.63) is 35.9 Å². The fourth-order valence-corrected chi connectivity index (χ4v) is 1.78. The molecule has 0 aliphatic carbocycles. The number of hydrogen-bond donors (Lipinski definition) is 1. The van der Waals surface area contributed by atoms with Gasteiger partial charge in [-0.25, -0.2) is 0 Å². The van der Waals surface area contributed by atoms with Gasteiger partial charge in [0.1, 0.15) is 0 Å². The Hall–Kier alpha value is -1.31. The number of amides is 1. The van der Waals surface area contributed by atoms with E-state index in [9.17, 15) is 4.79 Å². The molecule has 2 heteroatoms. The third-order valence-electron chi connectivity index (χ3n) is 2.72. The van der Waals surface area contributed by atoms with Crippen LogP contribution in [0.15, 0.2) is 30.3 Å². The second-order valence-electron chi connectivity index (χ2n) is 3.62. The minimum Gasteiger partial charge on any atom is -0.369 e. The normalized spacial score (nSPS) is 14.7. The molecule has 0 saturated carbocycles. The van der Waals surface area contributed by atoms with Crippen molar-refractivity contribution in [2.24, 2.45) is 11.7 Å². The number of primary amides is 1. The lowest BCUT2D eigenvalue weighted by Crippen LogP contribution is -2.26. The van der Waals surface area contributed by atoms with Crippen LogP contribution in [0.1, 0.15) is 31.7 Å². The zero-order valence-electron chi connectivity index (χ0n) is 8.73. The fourth-order valence-electron chi connectivity index (χ4n) is 1.78. The molecule has 0 radical (unpaired) electrons. The minimum atomic E-state index is -0.222. The lowest BCUT2D eigenvalue weighted by atomic mass is 9.85. The maximum Gasteiger partial charge on any atom is 0.220 e. The van der Waals surface area contributed by atoms with E-state index in [2.05, 4.69) is 6.92 Å². The summed E-state index contributed by atoms with van der Waals surface area (Å²) in [6.07, 6.45) is 0.939. The monoisotopic (exact) mass is 191 g/mol. The summed E-state index contributed by atoms with van der Waals surface area (Å²) in [5, 5.41) is 0. The van der Waals surface area contributed by atoms with Crippen molar-refractivity contribution in [1.29, 1.82) is 0 Å². The molecule has 2 nitrogen and oxygen atoms in total. The van der Waals surface area contributed by atoms with Gasteiger partial charge in [0.05, 0.1) is 0 Å². The highest BCUT2D eigenvalue weighted by Crippen LogP contribution is 2.27. The fraction of sp³-hybridized carbons (Fsp3) is 0.417. The summed E-state index contributed by atoms with van der Waals surface area (Å²) in [7, 11) is 0. The van der Waals surface area contributed by atoms with Gasteiger partial charge in [-0.3, -0.25) is 4.79 Å². The van der Waals surface area contributed by atoms with E-state index in [4.69, 9.17) is 5.73 Å². The number of benzene rings is 1. The molecule has 0 fully saturated rings. The molecule has 0 saturated heterocycles. The minimum absolute atomic E-state index is 0.0950.